The fraction of sp³-hybridized carbons (Fsp3) is 0. The molecule has 0 aliphatic carbocycles. The molecule has 0 saturated heterocycles. The zero-order valence-corrected chi connectivity index (χ0v) is 5.39. The van der Waals surface area contributed by atoms with Gasteiger partial charge in [0.15, 0.2) is 0 Å². The number of rotatable bonds is 0. The van der Waals surface area contributed by atoms with Gasteiger partial charge in [0.1, 0.15) is 0 Å². The van der Waals surface area contributed by atoms with Crippen LogP contribution in [0, 0.1) is 11.3 Å². The van der Waals surface area contributed by atoms with Gasteiger partial charge in [-0.1, -0.05) is 0 Å². The highest BCUT2D eigenvalue weighted by Crippen LogP contribution is 2.14. The molecule has 0 spiro atoms. The lowest BCUT2D eigenvalue weighted by atomic mass is 11.4. The Kier molecular flexibility index (Phi) is 3.51. The first-order chi connectivity index (χ1) is 3.63. The van der Waals surface area contributed by atoms with Gasteiger partial charge < -0.3 is 0 Å². The highest BCUT2D eigenvalue weighted by atomic mass is 31.1. The first-order valence-electron chi connectivity index (χ1n) is 1.46. The maximum atomic E-state index is 9.64. The van der Waals surface area contributed by atoms with Gasteiger partial charge in [-0.2, -0.15) is 0 Å². The van der Waals surface area contributed by atoms with Crippen LogP contribution in [0.4, 0.5) is 0 Å². The zero-order valence-electron chi connectivity index (χ0n) is 3.61. The van der Waals surface area contributed by atoms with Crippen LogP contribution in [0.25, 0.3) is 0 Å². The van der Waals surface area contributed by atoms with E-state index in [0.29, 0.717) is 0 Å². The summed E-state index contributed by atoms with van der Waals surface area (Å²) in [5.74, 6) is 0. The molecule has 0 bridgehead atoms. The van der Waals surface area contributed by atoms with E-state index in [9.17, 15) is 9.13 Å². The summed E-state index contributed by atoms with van der Waals surface area (Å²) in [7, 11) is -5.18. The molecule has 0 heterocycles. The lowest BCUT2D eigenvalue weighted by Gasteiger charge is -1.42. The van der Waals surface area contributed by atoms with Crippen LogP contribution in [0.15, 0.2) is 0 Å². The van der Waals surface area contributed by atoms with Crippen LogP contribution in [0.1, 0.15) is 0 Å². The molecule has 0 rings (SSSR count). The van der Waals surface area contributed by atoms with E-state index in [4.69, 9.17) is 9.79 Å². The van der Waals surface area contributed by atoms with Gasteiger partial charge in [0, 0.05) is 0 Å². The van der Waals surface area contributed by atoms with E-state index < -0.39 is 16.1 Å². The van der Waals surface area contributed by atoms with Crippen molar-refractivity contribution in [1.29, 1.82) is 0 Å². The van der Waals surface area contributed by atoms with E-state index in [0.717, 1.165) is 0 Å². The van der Waals surface area contributed by atoms with Crippen molar-refractivity contribution in [2.45, 2.75) is 0 Å². The second kappa shape index (κ2) is 3.65. The molecule has 42 valence electrons. The lowest BCUT2D eigenvalue weighted by molar-refractivity contribution is 0.511. The quantitative estimate of drug-likeness (QED) is 0.388. The van der Waals surface area contributed by atoms with E-state index in [1.807, 2.05) is 0 Å². The van der Waals surface area contributed by atoms with Gasteiger partial charge in [-0.25, -0.2) is 0 Å². The van der Waals surface area contributed by atoms with Gasteiger partial charge in [0.25, 0.3) is 11.3 Å². The molecule has 6 heteroatoms. The summed E-state index contributed by atoms with van der Waals surface area (Å²) in [6, 6.07) is 0. The third-order valence-corrected chi connectivity index (χ3v) is 1.02. The Morgan fingerprint density at radius 1 is 1.00 bits per heavy atom. The Bertz CT molecular complexity index is 156. The minimum Gasteiger partial charge on any atom is -0.149 e. The summed E-state index contributed by atoms with van der Waals surface area (Å²) in [6.07, 6.45) is 0. The predicted molar refractivity (Wildman–Crippen MR) is 27.4 cm³/mol. The SMILES string of the molecule is O=[P+](O)C#C[P+](=O)O. The van der Waals surface area contributed by atoms with Gasteiger partial charge in [0.05, 0.1) is 0 Å². The van der Waals surface area contributed by atoms with Crippen LogP contribution in [0.2, 0.25) is 0 Å². The molecule has 4 nitrogen and oxygen atoms in total. The second-order valence-corrected chi connectivity index (χ2v) is 2.31. The van der Waals surface area contributed by atoms with Crippen LogP contribution in [0.5, 0.6) is 0 Å². The normalized spacial score (nSPS) is 11.2. The third kappa shape index (κ3) is 5.68. The number of hydrogen-bond donors (Lipinski definition) is 2. The summed E-state index contributed by atoms with van der Waals surface area (Å²) in [5.41, 5.74) is 3.25. The van der Waals surface area contributed by atoms with Crippen LogP contribution in [-0.2, 0) is 9.13 Å². The molecule has 0 fully saturated rings. The molecule has 0 aromatic carbocycles. The summed E-state index contributed by atoms with van der Waals surface area (Å²) in [6.45, 7) is 0. The Morgan fingerprint density at radius 3 is 1.38 bits per heavy atom. The van der Waals surface area contributed by atoms with E-state index in [2.05, 4.69) is 0 Å². The summed E-state index contributed by atoms with van der Waals surface area (Å²) in [4.78, 5) is 15.8. The van der Waals surface area contributed by atoms with Crippen molar-refractivity contribution in [1.82, 2.24) is 0 Å². The standard InChI is InChI=1S/C2O4P2/c3-7(4)1-2-8(5)6/p+2. The molecule has 8 heavy (non-hydrogen) atoms. The molecule has 2 atom stereocenters. The van der Waals surface area contributed by atoms with E-state index >= 15 is 0 Å². The molecule has 0 aliphatic heterocycles. The Balaban J connectivity index is 3.87. The molecule has 0 aromatic rings. The molecular formula is C2H2O4P2+2. The minimum absolute atomic E-state index is 1.63. The Labute approximate surface area is 47.3 Å². The molecule has 2 unspecified atom stereocenters. The number of hydrogen-bond acceptors (Lipinski definition) is 2. The lowest BCUT2D eigenvalue weighted by Crippen LogP contribution is -1.47. The largest absolute Gasteiger partial charge is 0.605 e. The topological polar surface area (TPSA) is 74.6 Å². The first-order valence-corrected chi connectivity index (χ1v) is 3.89. The van der Waals surface area contributed by atoms with Crippen molar-refractivity contribution in [3.63, 3.8) is 0 Å². The summed E-state index contributed by atoms with van der Waals surface area (Å²) in [5, 5.41) is 0. The average Bonchev–Trinajstić information content (AvgIpc) is 1.61. The summed E-state index contributed by atoms with van der Waals surface area (Å²) < 4.78 is 19.3. The molecule has 0 saturated carbocycles. The predicted octanol–water partition coefficient (Wildman–Crippen LogP) is 0.374. The molecule has 0 radical (unpaired) electrons. The Hall–Kier alpha value is -0.320. The molecule has 0 aromatic heterocycles. The van der Waals surface area contributed by atoms with Gasteiger partial charge in [-0.3, -0.25) is 0 Å². The first kappa shape index (κ1) is 7.68. The van der Waals surface area contributed by atoms with Crippen molar-refractivity contribution < 1.29 is 18.9 Å². The van der Waals surface area contributed by atoms with Gasteiger partial charge in [-0.15, -0.1) is 9.79 Å². The fourth-order valence-corrected chi connectivity index (χ4v) is 0.770. The third-order valence-electron chi connectivity index (χ3n) is 0.241. The zero-order chi connectivity index (χ0) is 6.57. The average molecular weight is 152 g/mol. The van der Waals surface area contributed by atoms with E-state index in [-0.39, 0.29) is 0 Å². The smallest absolute Gasteiger partial charge is 0.149 e. The maximum absolute atomic E-state index is 9.64. The van der Waals surface area contributed by atoms with E-state index in [1.165, 1.54) is 0 Å². The van der Waals surface area contributed by atoms with Crippen molar-refractivity contribution in [3.8, 4) is 11.3 Å². The fourth-order valence-electron chi connectivity index (χ4n) is 0.0855. The van der Waals surface area contributed by atoms with Gasteiger partial charge in [0.2, 0.25) is 0 Å². The molecule has 2 N–H and O–H groups in total. The second-order valence-electron chi connectivity index (χ2n) is 0.769. The van der Waals surface area contributed by atoms with Gasteiger partial charge in [-0.05, 0) is 9.13 Å². The minimum atomic E-state index is -2.59. The maximum Gasteiger partial charge on any atom is 0.605 e. The van der Waals surface area contributed by atoms with Gasteiger partial charge >= 0.3 is 16.1 Å². The van der Waals surface area contributed by atoms with Crippen molar-refractivity contribution in [3.05, 3.63) is 0 Å². The summed E-state index contributed by atoms with van der Waals surface area (Å²) >= 11 is 0. The van der Waals surface area contributed by atoms with Crippen LogP contribution in [0.3, 0.4) is 0 Å². The van der Waals surface area contributed by atoms with Crippen molar-refractivity contribution in [2.24, 2.45) is 0 Å². The molecule has 0 amide bonds. The highest BCUT2D eigenvalue weighted by Gasteiger charge is 2.10. The van der Waals surface area contributed by atoms with Crippen LogP contribution in [-0.4, -0.2) is 9.79 Å². The van der Waals surface area contributed by atoms with Crippen LogP contribution < -0.4 is 0 Å². The van der Waals surface area contributed by atoms with Crippen LogP contribution >= 0.6 is 16.1 Å². The monoisotopic (exact) mass is 152 g/mol. The molecular weight excluding hydrogens is 150 g/mol. The van der Waals surface area contributed by atoms with Crippen molar-refractivity contribution in [2.75, 3.05) is 0 Å². The highest BCUT2D eigenvalue weighted by molar-refractivity contribution is 7.48. The van der Waals surface area contributed by atoms with E-state index in [1.54, 1.807) is 11.3 Å². The van der Waals surface area contributed by atoms with Crippen molar-refractivity contribution >= 4 is 16.1 Å². The Morgan fingerprint density at radius 2 is 1.25 bits per heavy atom. The molecule has 0 aliphatic rings.